The summed E-state index contributed by atoms with van der Waals surface area (Å²) < 4.78 is 79.8. The first kappa shape index (κ1) is 23.0. The van der Waals surface area contributed by atoms with Gasteiger partial charge in [0, 0.05) is 14.2 Å². The Balaban J connectivity index is 2.55. The van der Waals surface area contributed by atoms with Gasteiger partial charge in [-0.3, -0.25) is 4.79 Å². The van der Waals surface area contributed by atoms with E-state index in [0.717, 1.165) is 12.1 Å². The molecule has 0 radical (unpaired) electrons. The molecule has 10 heteroatoms. The topological polar surface area (TPSA) is 37.3 Å². The standard InChI is InChI=1S/C18H12ClF6IO2/c1-9-2-3-10(4-14(9)19)15(27)8-16(28,18(23,24)25)11-5-12(17(20,21)22)7-13(26)6-11/h2-7,28H,8H2,1H3. The third kappa shape index (κ3) is 4.80. The van der Waals surface area contributed by atoms with Crippen LogP contribution in [-0.2, 0) is 11.8 Å². The molecule has 0 saturated heterocycles. The van der Waals surface area contributed by atoms with E-state index in [1.54, 1.807) is 6.92 Å². The van der Waals surface area contributed by atoms with Crippen LogP contribution in [0.1, 0.15) is 33.5 Å². The normalized spacial score (nSPS) is 14.6. The average molecular weight is 537 g/mol. The Morgan fingerprint density at radius 1 is 1.04 bits per heavy atom. The first-order valence-corrected chi connectivity index (χ1v) is 9.07. The van der Waals surface area contributed by atoms with Gasteiger partial charge in [0.15, 0.2) is 11.4 Å². The Morgan fingerprint density at radius 2 is 1.61 bits per heavy atom. The molecule has 152 valence electrons. The number of hydrogen-bond donors (Lipinski definition) is 1. The van der Waals surface area contributed by atoms with Crippen LogP contribution in [0.25, 0.3) is 0 Å². The largest absolute Gasteiger partial charge is 0.421 e. The maximum absolute atomic E-state index is 13.7. The number of halogens is 8. The SMILES string of the molecule is Cc1ccc(C(=O)CC(O)(c2cc(I)cc(C(F)(F)F)c2)C(F)(F)F)cc1Cl. The van der Waals surface area contributed by atoms with Gasteiger partial charge in [-0.1, -0.05) is 23.7 Å². The third-order valence-corrected chi connectivity index (χ3v) is 5.11. The smallest absolute Gasteiger partial charge is 0.376 e. The third-order valence-electron chi connectivity index (χ3n) is 4.08. The van der Waals surface area contributed by atoms with Crippen molar-refractivity contribution in [1.82, 2.24) is 0 Å². The summed E-state index contributed by atoms with van der Waals surface area (Å²) in [6.45, 7) is 1.62. The molecule has 0 aliphatic rings. The Labute approximate surface area is 174 Å². The van der Waals surface area contributed by atoms with Crippen LogP contribution < -0.4 is 0 Å². The number of aryl methyl sites for hydroxylation is 1. The maximum atomic E-state index is 13.7. The number of aliphatic hydroxyl groups is 1. The summed E-state index contributed by atoms with van der Waals surface area (Å²) in [4.78, 5) is 12.4. The van der Waals surface area contributed by atoms with E-state index < -0.39 is 41.3 Å². The lowest BCUT2D eigenvalue weighted by Gasteiger charge is -2.31. The molecule has 0 aliphatic carbocycles. The summed E-state index contributed by atoms with van der Waals surface area (Å²) in [5.41, 5.74) is -5.84. The quantitative estimate of drug-likeness (QED) is 0.283. The van der Waals surface area contributed by atoms with E-state index in [4.69, 9.17) is 11.6 Å². The second kappa shape index (κ2) is 7.83. The van der Waals surface area contributed by atoms with Gasteiger partial charge in [-0.2, -0.15) is 26.3 Å². The summed E-state index contributed by atoms with van der Waals surface area (Å²) >= 11 is 7.28. The van der Waals surface area contributed by atoms with Crippen molar-refractivity contribution in [3.8, 4) is 0 Å². The Morgan fingerprint density at radius 3 is 2.11 bits per heavy atom. The number of hydrogen-bond acceptors (Lipinski definition) is 2. The fourth-order valence-electron chi connectivity index (χ4n) is 2.46. The van der Waals surface area contributed by atoms with Crippen molar-refractivity contribution in [3.63, 3.8) is 0 Å². The molecule has 2 rings (SSSR count). The van der Waals surface area contributed by atoms with Crippen molar-refractivity contribution in [2.75, 3.05) is 0 Å². The molecule has 1 atom stereocenters. The van der Waals surface area contributed by atoms with E-state index in [2.05, 4.69) is 0 Å². The minimum atomic E-state index is -5.40. The van der Waals surface area contributed by atoms with Gasteiger partial charge >= 0.3 is 12.4 Å². The van der Waals surface area contributed by atoms with Gasteiger partial charge in [-0.15, -0.1) is 0 Å². The summed E-state index contributed by atoms with van der Waals surface area (Å²) in [7, 11) is 0. The summed E-state index contributed by atoms with van der Waals surface area (Å²) in [5.74, 6) is -1.12. The number of rotatable bonds is 4. The summed E-state index contributed by atoms with van der Waals surface area (Å²) in [5, 5.41) is 10.5. The Hall–Kier alpha value is -1.33. The van der Waals surface area contributed by atoms with Gasteiger partial charge in [0.05, 0.1) is 12.0 Å². The van der Waals surface area contributed by atoms with Crippen molar-refractivity contribution in [1.29, 1.82) is 0 Å². The molecule has 0 bridgehead atoms. The van der Waals surface area contributed by atoms with Crippen molar-refractivity contribution >= 4 is 40.0 Å². The molecule has 0 amide bonds. The predicted octanol–water partition coefficient (Wildman–Crippen LogP) is 6.29. The molecule has 0 heterocycles. The van der Waals surface area contributed by atoms with Gasteiger partial charge in [-0.25, -0.2) is 0 Å². The van der Waals surface area contributed by atoms with E-state index >= 15 is 0 Å². The van der Waals surface area contributed by atoms with Crippen molar-refractivity contribution in [2.24, 2.45) is 0 Å². The highest BCUT2D eigenvalue weighted by Gasteiger charge is 2.56. The monoisotopic (exact) mass is 536 g/mol. The lowest BCUT2D eigenvalue weighted by molar-refractivity contribution is -0.265. The molecule has 0 fully saturated rings. The van der Waals surface area contributed by atoms with Gasteiger partial charge < -0.3 is 5.11 Å². The molecule has 0 saturated carbocycles. The van der Waals surface area contributed by atoms with Gasteiger partial charge in [0.1, 0.15) is 0 Å². The molecule has 2 aromatic carbocycles. The van der Waals surface area contributed by atoms with Crippen LogP contribution in [0.5, 0.6) is 0 Å². The molecule has 1 N–H and O–H groups in total. The second-order valence-electron chi connectivity index (χ2n) is 6.15. The molecule has 2 nitrogen and oxygen atoms in total. The zero-order chi connectivity index (χ0) is 21.5. The maximum Gasteiger partial charge on any atom is 0.421 e. The van der Waals surface area contributed by atoms with Crippen molar-refractivity contribution in [3.05, 3.63) is 67.2 Å². The fourth-order valence-corrected chi connectivity index (χ4v) is 3.31. The summed E-state index contributed by atoms with van der Waals surface area (Å²) in [6.07, 6.45) is -11.8. The second-order valence-corrected chi connectivity index (χ2v) is 7.80. The fraction of sp³-hybridized carbons (Fsp3) is 0.278. The molecule has 2 aromatic rings. The Kier molecular flexibility index (Phi) is 6.42. The minimum Gasteiger partial charge on any atom is -0.376 e. The van der Waals surface area contributed by atoms with Gasteiger partial charge in [0.25, 0.3) is 0 Å². The van der Waals surface area contributed by atoms with E-state index in [9.17, 15) is 36.2 Å². The van der Waals surface area contributed by atoms with Gasteiger partial charge in [-0.05, 0) is 64.9 Å². The van der Waals surface area contributed by atoms with Crippen LogP contribution in [0.15, 0.2) is 36.4 Å². The molecule has 0 aromatic heterocycles. The zero-order valence-corrected chi connectivity index (χ0v) is 17.0. The Bertz CT molecular complexity index is 910. The number of benzene rings is 2. The number of Topliss-reactive ketones (excluding diaryl/α,β-unsaturated/α-hetero) is 1. The van der Waals surface area contributed by atoms with Crippen molar-refractivity contribution in [2.45, 2.75) is 31.3 Å². The molecular weight excluding hydrogens is 525 g/mol. The van der Waals surface area contributed by atoms with E-state index in [1.165, 1.54) is 34.7 Å². The number of ketones is 1. The number of carbonyl (C=O) groups excluding carboxylic acids is 1. The van der Waals surface area contributed by atoms with Gasteiger partial charge in [0.2, 0.25) is 0 Å². The number of alkyl halides is 6. The van der Waals surface area contributed by atoms with E-state index in [1.807, 2.05) is 0 Å². The average Bonchev–Trinajstić information content (AvgIpc) is 2.54. The highest BCUT2D eigenvalue weighted by Crippen LogP contribution is 2.44. The van der Waals surface area contributed by atoms with Crippen LogP contribution in [0, 0.1) is 10.5 Å². The zero-order valence-electron chi connectivity index (χ0n) is 14.1. The van der Waals surface area contributed by atoms with Crippen LogP contribution in [0.3, 0.4) is 0 Å². The van der Waals surface area contributed by atoms with Crippen LogP contribution in [0.2, 0.25) is 5.02 Å². The predicted molar refractivity (Wildman–Crippen MR) is 99.2 cm³/mol. The molecule has 0 aliphatic heterocycles. The van der Waals surface area contributed by atoms with Crippen molar-refractivity contribution < 1.29 is 36.2 Å². The van der Waals surface area contributed by atoms with E-state index in [0.29, 0.717) is 11.6 Å². The molecule has 1 unspecified atom stereocenters. The lowest BCUT2D eigenvalue weighted by Crippen LogP contribution is -2.44. The first-order valence-electron chi connectivity index (χ1n) is 7.62. The summed E-state index contributed by atoms with van der Waals surface area (Å²) in [6, 6.07) is 5.39. The van der Waals surface area contributed by atoms with E-state index in [-0.39, 0.29) is 20.2 Å². The lowest BCUT2D eigenvalue weighted by atomic mass is 9.85. The molecule has 28 heavy (non-hydrogen) atoms. The van der Waals surface area contributed by atoms with Crippen LogP contribution >= 0.6 is 34.2 Å². The van der Waals surface area contributed by atoms with Crippen LogP contribution in [-0.4, -0.2) is 17.1 Å². The number of carbonyl (C=O) groups is 1. The first-order chi connectivity index (χ1) is 12.6. The molecular formula is C18H12ClF6IO2. The van der Waals surface area contributed by atoms with Crippen LogP contribution in [0.4, 0.5) is 26.3 Å². The highest BCUT2D eigenvalue weighted by molar-refractivity contribution is 14.1. The molecule has 0 spiro atoms. The highest BCUT2D eigenvalue weighted by atomic mass is 127. The minimum absolute atomic E-state index is 0.134.